The molecule has 32 heavy (non-hydrogen) atoms. The summed E-state index contributed by atoms with van der Waals surface area (Å²) in [5.41, 5.74) is 2.48. The molecule has 0 saturated heterocycles. The number of Topliss-reactive ketones (excluding diaryl/α,β-unsaturated/α-hetero) is 1. The van der Waals surface area contributed by atoms with Crippen LogP contribution in [0, 0.1) is 6.92 Å². The lowest BCUT2D eigenvalue weighted by Gasteiger charge is -2.22. The van der Waals surface area contributed by atoms with Crippen molar-refractivity contribution in [2.75, 3.05) is 7.11 Å². The van der Waals surface area contributed by atoms with E-state index in [1.54, 1.807) is 86.0 Å². The zero-order chi connectivity index (χ0) is 23.1. The molecule has 3 aromatic rings. The summed E-state index contributed by atoms with van der Waals surface area (Å²) in [6.07, 6.45) is 2.36. The second-order valence-electron chi connectivity index (χ2n) is 7.40. The van der Waals surface area contributed by atoms with Crippen molar-refractivity contribution in [3.63, 3.8) is 0 Å². The summed E-state index contributed by atoms with van der Waals surface area (Å²) in [4.78, 5) is 13.6. The van der Waals surface area contributed by atoms with E-state index in [4.69, 9.17) is 4.74 Å². The number of hydrogen-bond donors (Lipinski definition) is 1. The molecule has 3 rings (SSSR count). The number of benzene rings is 3. The number of nitrogens with one attached hydrogen (secondary N) is 1. The maximum atomic E-state index is 13.4. The highest BCUT2D eigenvalue weighted by atomic mass is 32.2. The molecule has 0 saturated carbocycles. The zero-order valence-electron chi connectivity index (χ0n) is 18.4. The molecule has 5 nitrogen and oxygen atoms in total. The summed E-state index contributed by atoms with van der Waals surface area (Å²) in [6, 6.07) is 21.6. The first kappa shape index (κ1) is 23.4. The minimum Gasteiger partial charge on any atom is -0.497 e. The lowest BCUT2D eigenvalue weighted by Crippen LogP contribution is -2.32. The van der Waals surface area contributed by atoms with E-state index in [2.05, 4.69) is 4.72 Å². The van der Waals surface area contributed by atoms with Crippen LogP contribution in [0.4, 0.5) is 0 Å². The van der Waals surface area contributed by atoms with Crippen LogP contribution in [0.15, 0.2) is 95.4 Å². The lowest BCUT2D eigenvalue weighted by molar-refractivity contribution is 0.102. The van der Waals surface area contributed by atoms with Gasteiger partial charge in [-0.25, -0.2) is 8.42 Å². The zero-order valence-corrected chi connectivity index (χ0v) is 19.2. The second-order valence-corrected chi connectivity index (χ2v) is 9.12. The van der Waals surface area contributed by atoms with Crippen LogP contribution in [0.5, 0.6) is 5.75 Å². The third kappa shape index (κ3) is 5.52. The van der Waals surface area contributed by atoms with Gasteiger partial charge in [0.25, 0.3) is 0 Å². The molecule has 0 aliphatic rings. The SMILES string of the molecule is CC/C=C(\C(=O)c1ccccc1)C(NS(=O)(=O)c1ccc(C)cc1)c1ccc(OC)cc1. The number of methoxy groups -OCH3 is 1. The average molecular weight is 450 g/mol. The number of ketones is 1. The standard InChI is InChI=1S/C26H27NO4S/c1-4-8-24(26(28)21-9-6-5-7-10-21)25(20-13-15-22(31-3)16-14-20)27-32(29,30)23-17-11-19(2)12-18-23/h5-18,25,27H,4H2,1-3H3/b24-8-. The van der Waals surface area contributed by atoms with E-state index in [1.807, 2.05) is 19.9 Å². The smallest absolute Gasteiger partial charge is 0.241 e. The molecule has 0 radical (unpaired) electrons. The molecule has 1 unspecified atom stereocenters. The minimum atomic E-state index is -3.89. The first-order chi connectivity index (χ1) is 15.4. The van der Waals surface area contributed by atoms with Gasteiger partial charge in [-0.1, -0.05) is 73.2 Å². The van der Waals surface area contributed by atoms with Gasteiger partial charge in [0, 0.05) is 11.1 Å². The molecule has 0 aliphatic carbocycles. The van der Waals surface area contributed by atoms with Gasteiger partial charge < -0.3 is 4.74 Å². The molecule has 0 spiro atoms. The number of sulfonamides is 1. The van der Waals surface area contributed by atoms with Gasteiger partial charge in [0.1, 0.15) is 5.75 Å². The minimum absolute atomic E-state index is 0.143. The maximum Gasteiger partial charge on any atom is 0.241 e. The van der Waals surface area contributed by atoms with Crippen molar-refractivity contribution in [3.05, 3.63) is 107 Å². The van der Waals surface area contributed by atoms with E-state index in [1.165, 1.54) is 0 Å². The normalized spacial score (nSPS) is 12.9. The Morgan fingerprint density at radius 2 is 1.59 bits per heavy atom. The van der Waals surface area contributed by atoms with Crippen molar-refractivity contribution >= 4 is 15.8 Å². The molecule has 166 valence electrons. The van der Waals surface area contributed by atoms with E-state index < -0.39 is 16.1 Å². The van der Waals surface area contributed by atoms with Crippen molar-refractivity contribution in [3.8, 4) is 5.75 Å². The van der Waals surface area contributed by atoms with Crippen molar-refractivity contribution < 1.29 is 17.9 Å². The summed E-state index contributed by atoms with van der Waals surface area (Å²) in [5.74, 6) is 0.421. The fraction of sp³-hybridized carbons (Fsp3) is 0.192. The largest absolute Gasteiger partial charge is 0.497 e. The Hall–Kier alpha value is -3.22. The van der Waals surface area contributed by atoms with E-state index in [9.17, 15) is 13.2 Å². The van der Waals surface area contributed by atoms with Gasteiger partial charge in [0.2, 0.25) is 10.0 Å². The van der Waals surface area contributed by atoms with Crippen LogP contribution in [0.25, 0.3) is 0 Å². The third-order valence-corrected chi connectivity index (χ3v) is 6.53. The molecule has 1 atom stereocenters. The number of aryl methyl sites for hydroxylation is 1. The molecule has 0 aromatic heterocycles. The summed E-state index contributed by atoms with van der Waals surface area (Å²) in [6.45, 7) is 3.81. The van der Waals surface area contributed by atoms with Gasteiger partial charge in [-0.2, -0.15) is 4.72 Å². The first-order valence-corrected chi connectivity index (χ1v) is 11.9. The highest BCUT2D eigenvalue weighted by Crippen LogP contribution is 2.29. The van der Waals surface area contributed by atoms with E-state index in [0.717, 1.165) is 5.56 Å². The van der Waals surface area contributed by atoms with E-state index in [0.29, 0.717) is 28.9 Å². The maximum absolute atomic E-state index is 13.4. The van der Waals surface area contributed by atoms with Gasteiger partial charge in [0.15, 0.2) is 5.78 Å². The third-order valence-electron chi connectivity index (χ3n) is 5.09. The Kier molecular flexibility index (Phi) is 7.62. The van der Waals surface area contributed by atoms with E-state index >= 15 is 0 Å². The molecule has 0 amide bonds. The highest BCUT2D eigenvalue weighted by Gasteiger charge is 2.28. The monoisotopic (exact) mass is 449 g/mol. The molecule has 3 aromatic carbocycles. The Morgan fingerprint density at radius 1 is 0.969 bits per heavy atom. The summed E-state index contributed by atoms with van der Waals surface area (Å²) in [7, 11) is -2.33. The Bertz CT molecular complexity index is 1180. The van der Waals surface area contributed by atoms with Crippen LogP contribution in [0.1, 0.15) is 40.9 Å². The number of ether oxygens (including phenoxy) is 1. The fourth-order valence-corrected chi connectivity index (χ4v) is 4.57. The molecule has 6 heteroatoms. The van der Waals surface area contributed by atoms with Gasteiger partial charge in [-0.3, -0.25) is 4.79 Å². The van der Waals surface area contributed by atoms with E-state index in [-0.39, 0.29) is 10.7 Å². The van der Waals surface area contributed by atoms with Crippen molar-refractivity contribution in [1.82, 2.24) is 4.72 Å². The Morgan fingerprint density at radius 3 is 2.16 bits per heavy atom. The summed E-state index contributed by atoms with van der Waals surface area (Å²) in [5, 5.41) is 0. The van der Waals surface area contributed by atoms with Crippen LogP contribution in [-0.2, 0) is 10.0 Å². The summed E-state index contributed by atoms with van der Waals surface area (Å²) < 4.78 is 34.5. The topological polar surface area (TPSA) is 72.5 Å². The Balaban J connectivity index is 2.09. The predicted octanol–water partition coefficient (Wildman–Crippen LogP) is 5.24. The number of rotatable bonds is 9. The predicted molar refractivity (Wildman–Crippen MR) is 126 cm³/mol. The molecule has 0 aliphatic heterocycles. The molecular formula is C26H27NO4S. The fourth-order valence-electron chi connectivity index (χ4n) is 3.37. The average Bonchev–Trinajstić information content (AvgIpc) is 2.82. The van der Waals surface area contributed by atoms with Crippen molar-refractivity contribution in [2.24, 2.45) is 0 Å². The van der Waals surface area contributed by atoms with Crippen molar-refractivity contribution in [1.29, 1.82) is 0 Å². The molecule has 0 heterocycles. The molecule has 0 fully saturated rings. The quantitative estimate of drug-likeness (QED) is 0.358. The lowest BCUT2D eigenvalue weighted by atomic mass is 9.92. The van der Waals surface area contributed by atoms with Crippen molar-refractivity contribution in [2.45, 2.75) is 31.2 Å². The van der Waals surface area contributed by atoms with Crippen LogP contribution >= 0.6 is 0 Å². The number of hydrogen-bond acceptors (Lipinski definition) is 4. The number of allylic oxidation sites excluding steroid dienone is 1. The van der Waals surface area contributed by atoms with Crippen LogP contribution in [0.2, 0.25) is 0 Å². The van der Waals surface area contributed by atoms with Crippen LogP contribution in [0.3, 0.4) is 0 Å². The summed E-state index contributed by atoms with van der Waals surface area (Å²) >= 11 is 0. The van der Waals surface area contributed by atoms with Crippen LogP contribution < -0.4 is 9.46 Å². The number of carbonyl (C=O) groups is 1. The van der Waals surface area contributed by atoms with Gasteiger partial charge in [0.05, 0.1) is 18.0 Å². The molecule has 1 N–H and O–H groups in total. The Labute approximate surface area is 189 Å². The molecular weight excluding hydrogens is 422 g/mol. The van der Waals surface area contributed by atoms with Gasteiger partial charge in [-0.05, 0) is 43.2 Å². The highest BCUT2D eigenvalue weighted by molar-refractivity contribution is 7.89. The van der Waals surface area contributed by atoms with Gasteiger partial charge in [-0.15, -0.1) is 0 Å². The second kappa shape index (κ2) is 10.4. The van der Waals surface area contributed by atoms with Gasteiger partial charge >= 0.3 is 0 Å². The first-order valence-electron chi connectivity index (χ1n) is 10.4. The van der Waals surface area contributed by atoms with Crippen LogP contribution in [-0.4, -0.2) is 21.3 Å². The number of carbonyl (C=O) groups excluding carboxylic acids is 1. The molecule has 0 bridgehead atoms.